The Morgan fingerprint density at radius 3 is 2.64 bits per heavy atom. The predicted molar refractivity (Wildman–Crippen MR) is 87.6 cm³/mol. The van der Waals surface area contributed by atoms with Crippen molar-refractivity contribution < 1.29 is 9.90 Å². The predicted octanol–water partition coefficient (Wildman–Crippen LogP) is 2.41. The summed E-state index contributed by atoms with van der Waals surface area (Å²) in [5.41, 5.74) is 2.49. The van der Waals surface area contributed by atoms with E-state index in [-0.39, 0.29) is 0 Å². The van der Waals surface area contributed by atoms with Gasteiger partial charge in [-0.15, -0.1) is 0 Å². The molecule has 0 unspecified atom stereocenters. The van der Waals surface area contributed by atoms with Gasteiger partial charge in [0.15, 0.2) is 0 Å². The number of nitrogens with zero attached hydrogens (tertiary/aromatic N) is 1. The van der Waals surface area contributed by atoms with Gasteiger partial charge in [0.2, 0.25) is 0 Å². The molecule has 2 aromatic rings. The Balaban J connectivity index is 1.75. The van der Waals surface area contributed by atoms with E-state index in [1.807, 2.05) is 18.2 Å². The topological polar surface area (TPSA) is 52.6 Å². The Hall–Kier alpha value is -2.33. The molecule has 2 N–H and O–H groups in total. The van der Waals surface area contributed by atoms with Gasteiger partial charge in [-0.2, -0.15) is 0 Å². The number of nitrogens with one attached hydrogen (secondary N) is 1. The van der Waals surface area contributed by atoms with Gasteiger partial charge in [-0.3, -0.25) is 0 Å². The molecule has 1 heterocycles. The van der Waals surface area contributed by atoms with Crippen LogP contribution in [0.5, 0.6) is 0 Å². The van der Waals surface area contributed by atoms with Gasteiger partial charge in [-0.05, 0) is 24.1 Å². The fourth-order valence-electron chi connectivity index (χ4n) is 3.01. The summed E-state index contributed by atoms with van der Waals surface area (Å²) in [6.07, 6.45) is 0.951. The average Bonchev–Trinajstić information content (AvgIpc) is 2.56. The maximum absolute atomic E-state index is 11.4. The number of hydrogen-bond donors (Lipinski definition) is 2. The number of carbonyl (C=O) groups is 1. The first-order valence-corrected chi connectivity index (χ1v) is 7.58. The van der Waals surface area contributed by atoms with Crippen molar-refractivity contribution in [2.45, 2.75) is 12.5 Å². The first-order chi connectivity index (χ1) is 10.7. The molecule has 1 saturated heterocycles. The van der Waals surface area contributed by atoms with E-state index in [0.29, 0.717) is 11.6 Å². The molecule has 0 amide bonds. The second kappa shape index (κ2) is 6.62. The highest BCUT2D eigenvalue weighted by molar-refractivity contribution is 5.94. The molecule has 0 radical (unpaired) electrons. The van der Waals surface area contributed by atoms with E-state index in [2.05, 4.69) is 34.5 Å². The number of rotatable bonds is 4. The maximum Gasteiger partial charge on any atom is 0.337 e. The molecule has 0 spiro atoms. The van der Waals surface area contributed by atoms with Crippen LogP contribution in [-0.2, 0) is 6.42 Å². The third-order valence-corrected chi connectivity index (χ3v) is 4.06. The summed E-state index contributed by atoms with van der Waals surface area (Å²) in [6.45, 7) is 2.51. The average molecular weight is 296 g/mol. The standard InChI is InChI=1S/C18H20N2O2/c21-18(22)16-8-4-5-9-17(16)20-11-10-19-15(13-20)12-14-6-2-1-3-7-14/h1-9,15,19H,10-13H2,(H,21,22)/t15-/m1/s1. The number of carboxylic acids is 1. The summed E-state index contributed by atoms with van der Waals surface area (Å²) in [7, 11) is 0. The van der Waals surface area contributed by atoms with Crippen molar-refractivity contribution in [2.24, 2.45) is 0 Å². The lowest BCUT2D eigenvalue weighted by Gasteiger charge is -2.36. The Morgan fingerprint density at radius 2 is 1.86 bits per heavy atom. The largest absolute Gasteiger partial charge is 0.478 e. The number of hydrogen-bond acceptors (Lipinski definition) is 3. The molecule has 0 saturated carbocycles. The quantitative estimate of drug-likeness (QED) is 0.910. The van der Waals surface area contributed by atoms with Crippen molar-refractivity contribution in [3.8, 4) is 0 Å². The molecule has 3 rings (SSSR count). The molecule has 1 fully saturated rings. The van der Waals surface area contributed by atoms with E-state index in [4.69, 9.17) is 0 Å². The van der Waals surface area contributed by atoms with E-state index in [0.717, 1.165) is 31.7 Å². The lowest BCUT2D eigenvalue weighted by molar-refractivity contribution is 0.0697. The zero-order valence-electron chi connectivity index (χ0n) is 12.4. The number of anilines is 1. The summed E-state index contributed by atoms with van der Waals surface area (Å²) in [5, 5.41) is 12.9. The highest BCUT2D eigenvalue weighted by Crippen LogP contribution is 2.22. The van der Waals surface area contributed by atoms with Gasteiger partial charge < -0.3 is 15.3 Å². The molecular weight excluding hydrogens is 276 g/mol. The van der Waals surface area contributed by atoms with Gasteiger partial charge >= 0.3 is 5.97 Å². The van der Waals surface area contributed by atoms with Crippen LogP contribution < -0.4 is 10.2 Å². The zero-order valence-corrected chi connectivity index (χ0v) is 12.4. The third kappa shape index (κ3) is 3.28. The normalized spacial score (nSPS) is 18.2. The molecule has 4 nitrogen and oxygen atoms in total. The Morgan fingerprint density at radius 1 is 1.14 bits per heavy atom. The van der Waals surface area contributed by atoms with Crippen LogP contribution in [0.4, 0.5) is 5.69 Å². The number of aromatic carboxylic acids is 1. The van der Waals surface area contributed by atoms with Crippen molar-refractivity contribution in [3.63, 3.8) is 0 Å². The highest BCUT2D eigenvalue weighted by atomic mass is 16.4. The summed E-state index contributed by atoms with van der Waals surface area (Å²) in [4.78, 5) is 13.6. The molecule has 1 atom stereocenters. The minimum atomic E-state index is -0.867. The molecule has 22 heavy (non-hydrogen) atoms. The van der Waals surface area contributed by atoms with Crippen LogP contribution in [0.25, 0.3) is 0 Å². The Bertz CT molecular complexity index is 643. The molecule has 1 aliphatic rings. The van der Waals surface area contributed by atoms with Crippen molar-refractivity contribution in [1.82, 2.24) is 5.32 Å². The van der Waals surface area contributed by atoms with Crippen molar-refractivity contribution >= 4 is 11.7 Å². The minimum absolute atomic E-state index is 0.331. The lowest BCUT2D eigenvalue weighted by Crippen LogP contribution is -2.52. The van der Waals surface area contributed by atoms with E-state index in [9.17, 15) is 9.90 Å². The molecular formula is C18H20N2O2. The molecule has 0 bridgehead atoms. The first kappa shape index (κ1) is 14.6. The van der Waals surface area contributed by atoms with Gasteiger partial charge in [0.25, 0.3) is 0 Å². The zero-order chi connectivity index (χ0) is 15.4. The number of para-hydroxylation sites is 1. The van der Waals surface area contributed by atoms with Gasteiger partial charge in [0.05, 0.1) is 11.3 Å². The fourth-order valence-corrected chi connectivity index (χ4v) is 3.01. The lowest BCUT2D eigenvalue weighted by atomic mass is 10.0. The summed E-state index contributed by atoms with van der Waals surface area (Å²) in [5.74, 6) is -0.867. The molecule has 2 aromatic carbocycles. The van der Waals surface area contributed by atoms with Gasteiger partial charge in [0, 0.05) is 25.7 Å². The van der Waals surface area contributed by atoms with Crippen molar-refractivity contribution in [2.75, 3.05) is 24.5 Å². The summed E-state index contributed by atoms with van der Waals surface area (Å²) < 4.78 is 0. The minimum Gasteiger partial charge on any atom is -0.478 e. The van der Waals surface area contributed by atoms with Crippen molar-refractivity contribution in [1.29, 1.82) is 0 Å². The van der Waals surface area contributed by atoms with Crippen LogP contribution in [-0.4, -0.2) is 36.8 Å². The van der Waals surface area contributed by atoms with E-state index >= 15 is 0 Å². The van der Waals surface area contributed by atoms with E-state index < -0.39 is 5.97 Å². The van der Waals surface area contributed by atoms with Gasteiger partial charge in [-0.1, -0.05) is 42.5 Å². The van der Waals surface area contributed by atoms with E-state index in [1.54, 1.807) is 12.1 Å². The Kier molecular flexibility index (Phi) is 4.39. The summed E-state index contributed by atoms with van der Waals surface area (Å²) >= 11 is 0. The first-order valence-electron chi connectivity index (χ1n) is 7.58. The van der Waals surface area contributed by atoms with E-state index in [1.165, 1.54) is 5.56 Å². The monoisotopic (exact) mass is 296 g/mol. The van der Waals surface area contributed by atoms with Crippen LogP contribution in [0.15, 0.2) is 54.6 Å². The Labute approximate surface area is 130 Å². The second-order valence-corrected chi connectivity index (χ2v) is 5.61. The molecule has 114 valence electrons. The van der Waals surface area contributed by atoms with Crippen LogP contribution in [0, 0.1) is 0 Å². The molecule has 4 heteroatoms. The van der Waals surface area contributed by atoms with Crippen LogP contribution >= 0.6 is 0 Å². The summed E-state index contributed by atoms with van der Waals surface area (Å²) in [6, 6.07) is 18.0. The SMILES string of the molecule is O=C(O)c1ccccc1N1CCN[C@H](Cc2ccccc2)C1. The fraction of sp³-hybridized carbons (Fsp3) is 0.278. The second-order valence-electron chi connectivity index (χ2n) is 5.61. The van der Waals surface area contributed by atoms with Crippen molar-refractivity contribution in [3.05, 3.63) is 65.7 Å². The van der Waals surface area contributed by atoms with Crippen LogP contribution in [0.2, 0.25) is 0 Å². The van der Waals surface area contributed by atoms with Crippen LogP contribution in [0.1, 0.15) is 15.9 Å². The smallest absolute Gasteiger partial charge is 0.337 e. The van der Waals surface area contributed by atoms with Crippen LogP contribution in [0.3, 0.4) is 0 Å². The number of benzene rings is 2. The van der Waals surface area contributed by atoms with Gasteiger partial charge in [0.1, 0.15) is 0 Å². The number of piperazine rings is 1. The maximum atomic E-state index is 11.4. The number of carboxylic acid groups (broad SMARTS) is 1. The molecule has 1 aliphatic heterocycles. The highest BCUT2D eigenvalue weighted by Gasteiger charge is 2.22. The van der Waals surface area contributed by atoms with Gasteiger partial charge in [-0.25, -0.2) is 4.79 Å². The molecule has 0 aromatic heterocycles. The molecule has 0 aliphatic carbocycles. The third-order valence-electron chi connectivity index (χ3n) is 4.06.